The molecule has 11 nitrogen and oxygen atoms in total. The highest BCUT2D eigenvalue weighted by molar-refractivity contribution is 5.96. The van der Waals surface area contributed by atoms with Crippen molar-refractivity contribution in [3.63, 3.8) is 0 Å². The smallest absolute Gasteiger partial charge is 0.326 e. The van der Waals surface area contributed by atoms with Gasteiger partial charge in [-0.15, -0.1) is 0 Å². The summed E-state index contributed by atoms with van der Waals surface area (Å²) in [5.41, 5.74) is 0.596. The largest absolute Gasteiger partial charge is 0.481 e. The third-order valence-corrected chi connectivity index (χ3v) is 5.45. The molecule has 2 aromatic heterocycles. The maximum atomic E-state index is 14.4. The van der Waals surface area contributed by atoms with Crippen molar-refractivity contribution in [2.75, 3.05) is 16.8 Å². The van der Waals surface area contributed by atoms with E-state index in [1.807, 2.05) is 4.90 Å². The van der Waals surface area contributed by atoms with Gasteiger partial charge in [0.25, 0.3) is 0 Å². The molecule has 34 heavy (non-hydrogen) atoms. The van der Waals surface area contributed by atoms with Crippen molar-refractivity contribution in [1.29, 1.82) is 0 Å². The molecular weight excluding hydrogens is 454 g/mol. The van der Waals surface area contributed by atoms with Gasteiger partial charge in [0.05, 0.1) is 18.7 Å². The molecule has 3 aromatic rings. The highest BCUT2D eigenvalue weighted by Gasteiger charge is 2.30. The third-order valence-electron chi connectivity index (χ3n) is 5.45. The molecule has 2 atom stereocenters. The number of carboxylic acids is 2. The summed E-state index contributed by atoms with van der Waals surface area (Å²) in [6, 6.07) is 1.97. The van der Waals surface area contributed by atoms with Crippen molar-refractivity contribution < 1.29 is 33.4 Å². The molecule has 0 bridgehead atoms. The van der Waals surface area contributed by atoms with E-state index in [1.54, 1.807) is 12.3 Å². The van der Waals surface area contributed by atoms with Crippen LogP contribution in [0.1, 0.15) is 30.9 Å². The zero-order chi connectivity index (χ0) is 24.4. The van der Waals surface area contributed by atoms with Crippen LogP contribution in [0.4, 0.5) is 25.1 Å². The SMILES string of the molecule is O=C(O)C[C@H](NC(=O)Nc1cnn2ccc(N3CCC[C@@H]3c3cc(F)ccc3F)nc12)C(=O)O. The Morgan fingerprint density at radius 2 is 2.00 bits per heavy atom. The maximum Gasteiger partial charge on any atom is 0.326 e. The number of amides is 2. The molecule has 0 saturated carbocycles. The van der Waals surface area contributed by atoms with Crippen LogP contribution in [0.15, 0.2) is 36.7 Å². The fourth-order valence-corrected chi connectivity index (χ4v) is 3.93. The highest BCUT2D eigenvalue weighted by Crippen LogP contribution is 2.37. The van der Waals surface area contributed by atoms with E-state index in [0.717, 1.165) is 18.6 Å². The Hall–Kier alpha value is -4.29. The lowest BCUT2D eigenvalue weighted by atomic mass is 10.0. The average molecular weight is 474 g/mol. The van der Waals surface area contributed by atoms with Crippen LogP contribution in [0.25, 0.3) is 5.65 Å². The van der Waals surface area contributed by atoms with E-state index in [0.29, 0.717) is 18.8 Å². The average Bonchev–Trinajstić information content (AvgIpc) is 3.41. The molecular formula is C21H20F2N6O5. The number of aliphatic carboxylic acids is 2. The Balaban J connectivity index is 1.57. The molecule has 1 fully saturated rings. The van der Waals surface area contributed by atoms with Gasteiger partial charge in [-0.3, -0.25) is 4.79 Å². The minimum absolute atomic E-state index is 0.145. The normalized spacial score (nSPS) is 16.4. The molecule has 1 aromatic carbocycles. The second-order valence-electron chi connectivity index (χ2n) is 7.72. The van der Waals surface area contributed by atoms with Crippen LogP contribution in [-0.2, 0) is 9.59 Å². The van der Waals surface area contributed by atoms with Gasteiger partial charge in [-0.05, 0) is 37.1 Å². The Kier molecular flexibility index (Phi) is 6.25. The van der Waals surface area contributed by atoms with Crippen molar-refractivity contribution in [2.24, 2.45) is 0 Å². The summed E-state index contributed by atoms with van der Waals surface area (Å²) in [6.07, 6.45) is 3.42. The van der Waals surface area contributed by atoms with E-state index in [-0.39, 0.29) is 16.9 Å². The number of hydrogen-bond acceptors (Lipinski definition) is 6. The Labute approximate surface area is 191 Å². The fraction of sp³-hybridized carbons (Fsp3) is 0.286. The predicted molar refractivity (Wildman–Crippen MR) is 114 cm³/mol. The van der Waals surface area contributed by atoms with Gasteiger partial charge in [0.1, 0.15) is 29.2 Å². The molecule has 0 unspecified atom stereocenters. The van der Waals surface area contributed by atoms with Crippen LogP contribution < -0.4 is 15.5 Å². The molecule has 4 rings (SSSR count). The topological polar surface area (TPSA) is 149 Å². The van der Waals surface area contributed by atoms with Crippen molar-refractivity contribution in [3.05, 3.63) is 53.9 Å². The first-order valence-corrected chi connectivity index (χ1v) is 10.3. The number of aromatic nitrogens is 3. The summed E-state index contributed by atoms with van der Waals surface area (Å²) >= 11 is 0. The predicted octanol–water partition coefficient (Wildman–Crippen LogP) is 2.40. The van der Waals surface area contributed by atoms with Gasteiger partial charge in [0, 0.05) is 18.3 Å². The van der Waals surface area contributed by atoms with Crippen molar-refractivity contribution >= 4 is 35.1 Å². The Morgan fingerprint density at radius 3 is 2.74 bits per heavy atom. The lowest BCUT2D eigenvalue weighted by molar-refractivity contribution is -0.145. The number of urea groups is 1. The number of benzene rings is 1. The monoisotopic (exact) mass is 474 g/mol. The van der Waals surface area contributed by atoms with E-state index < -0.39 is 48.1 Å². The molecule has 2 amide bonds. The van der Waals surface area contributed by atoms with E-state index in [2.05, 4.69) is 20.7 Å². The second-order valence-corrected chi connectivity index (χ2v) is 7.72. The number of anilines is 2. The first-order valence-electron chi connectivity index (χ1n) is 10.3. The lowest BCUT2D eigenvalue weighted by Crippen LogP contribution is -2.44. The molecule has 1 aliphatic rings. The number of carbonyl (C=O) groups excluding carboxylic acids is 1. The van der Waals surface area contributed by atoms with E-state index in [1.165, 1.54) is 16.8 Å². The Morgan fingerprint density at radius 1 is 1.21 bits per heavy atom. The molecule has 0 spiro atoms. The lowest BCUT2D eigenvalue weighted by Gasteiger charge is -2.26. The third kappa shape index (κ3) is 4.72. The number of fused-ring (bicyclic) bond motifs is 1. The number of carboxylic acid groups (broad SMARTS) is 2. The Bertz CT molecular complexity index is 1270. The van der Waals surface area contributed by atoms with Crippen LogP contribution >= 0.6 is 0 Å². The molecule has 13 heteroatoms. The minimum Gasteiger partial charge on any atom is -0.481 e. The van der Waals surface area contributed by atoms with E-state index in [4.69, 9.17) is 10.2 Å². The van der Waals surface area contributed by atoms with Crippen LogP contribution in [0.3, 0.4) is 0 Å². The summed E-state index contributed by atoms with van der Waals surface area (Å²) in [5, 5.41) is 26.5. The first-order chi connectivity index (χ1) is 16.2. The number of nitrogens with one attached hydrogen (secondary N) is 2. The van der Waals surface area contributed by atoms with Gasteiger partial charge < -0.3 is 25.7 Å². The molecule has 3 heterocycles. The number of nitrogens with zero attached hydrogens (tertiary/aromatic N) is 4. The summed E-state index contributed by atoms with van der Waals surface area (Å²) < 4.78 is 29.5. The zero-order valence-electron chi connectivity index (χ0n) is 17.6. The fourth-order valence-electron chi connectivity index (χ4n) is 3.93. The zero-order valence-corrected chi connectivity index (χ0v) is 17.6. The number of halogens is 2. The summed E-state index contributed by atoms with van der Waals surface area (Å²) in [6.45, 7) is 0.552. The second kappa shape index (κ2) is 9.29. The molecule has 1 saturated heterocycles. The van der Waals surface area contributed by atoms with Gasteiger partial charge in [0.2, 0.25) is 0 Å². The van der Waals surface area contributed by atoms with Gasteiger partial charge in [-0.2, -0.15) is 5.10 Å². The van der Waals surface area contributed by atoms with Crippen molar-refractivity contribution in [2.45, 2.75) is 31.3 Å². The minimum atomic E-state index is -1.63. The van der Waals surface area contributed by atoms with Crippen LogP contribution in [0, 0.1) is 11.6 Å². The van der Waals surface area contributed by atoms with E-state index in [9.17, 15) is 23.2 Å². The van der Waals surface area contributed by atoms with E-state index >= 15 is 0 Å². The van der Waals surface area contributed by atoms with Crippen LogP contribution in [0.5, 0.6) is 0 Å². The van der Waals surface area contributed by atoms with Crippen LogP contribution in [-0.4, -0.2) is 55.4 Å². The molecule has 178 valence electrons. The highest BCUT2D eigenvalue weighted by atomic mass is 19.1. The molecule has 0 aliphatic carbocycles. The summed E-state index contributed by atoms with van der Waals surface area (Å²) in [4.78, 5) is 40.6. The van der Waals surface area contributed by atoms with Crippen molar-refractivity contribution in [3.8, 4) is 0 Å². The number of carbonyl (C=O) groups is 3. The quantitative estimate of drug-likeness (QED) is 0.408. The van der Waals surface area contributed by atoms with Gasteiger partial charge >= 0.3 is 18.0 Å². The number of rotatable bonds is 7. The van der Waals surface area contributed by atoms with Gasteiger partial charge in [-0.1, -0.05) is 0 Å². The van der Waals surface area contributed by atoms with Crippen LogP contribution in [0.2, 0.25) is 0 Å². The first kappa shape index (κ1) is 22.9. The standard InChI is InChI=1S/C21H20F2N6O5/c22-11-3-4-13(23)12(8-11)16-2-1-6-28(16)17-5-7-29-19(27-17)15(10-24-29)26-21(34)25-14(20(32)33)9-18(30)31/h3-5,7-8,10,14,16H,1-2,6,9H2,(H,30,31)(H,32,33)(H2,25,26,34)/t14-,16+/m0/s1. The van der Waals surface area contributed by atoms with Gasteiger partial charge in [-0.25, -0.2) is 27.9 Å². The van der Waals surface area contributed by atoms with Crippen molar-refractivity contribution in [1.82, 2.24) is 19.9 Å². The summed E-state index contributed by atoms with van der Waals surface area (Å²) in [5.74, 6) is -3.48. The molecule has 1 aliphatic heterocycles. The maximum absolute atomic E-state index is 14.4. The molecule has 4 N–H and O–H groups in total. The molecule has 0 radical (unpaired) electrons. The number of hydrogen-bond donors (Lipinski definition) is 4. The van der Waals surface area contributed by atoms with Gasteiger partial charge in [0.15, 0.2) is 5.65 Å². The summed E-state index contributed by atoms with van der Waals surface area (Å²) in [7, 11) is 0.